The van der Waals surface area contributed by atoms with E-state index in [0.29, 0.717) is 12.1 Å². The number of ether oxygens (including phenoxy) is 1. The van der Waals surface area contributed by atoms with E-state index in [0.717, 1.165) is 25.2 Å². The summed E-state index contributed by atoms with van der Waals surface area (Å²) in [6.45, 7) is 7.12. The molecule has 2 aromatic rings. The van der Waals surface area contributed by atoms with Crippen molar-refractivity contribution in [2.45, 2.75) is 32.5 Å². The first kappa shape index (κ1) is 12.6. The number of hydrogen-bond donors (Lipinski definition) is 0. The summed E-state index contributed by atoms with van der Waals surface area (Å²) in [7, 11) is 0. The van der Waals surface area contributed by atoms with E-state index in [1.807, 2.05) is 12.3 Å². The summed E-state index contributed by atoms with van der Waals surface area (Å²) in [4.78, 5) is 7.02. The van der Waals surface area contributed by atoms with Gasteiger partial charge >= 0.3 is 0 Å². The minimum atomic E-state index is 0.319. The molecule has 1 saturated heterocycles. The van der Waals surface area contributed by atoms with Crippen LogP contribution in [0.15, 0.2) is 36.5 Å². The van der Waals surface area contributed by atoms with Crippen LogP contribution in [-0.2, 0) is 11.3 Å². The van der Waals surface area contributed by atoms with Gasteiger partial charge in [0.15, 0.2) is 0 Å². The van der Waals surface area contributed by atoms with Gasteiger partial charge in [0.25, 0.3) is 0 Å². The summed E-state index contributed by atoms with van der Waals surface area (Å²) in [6.07, 6.45) is 2.19. The number of benzene rings is 1. The highest BCUT2D eigenvalue weighted by molar-refractivity contribution is 5.81. The largest absolute Gasteiger partial charge is 0.376 e. The van der Waals surface area contributed by atoms with Gasteiger partial charge in [-0.25, -0.2) is 0 Å². The average Bonchev–Trinajstić information content (AvgIpc) is 2.43. The highest BCUT2D eigenvalue weighted by atomic mass is 16.5. The lowest BCUT2D eigenvalue weighted by Crippen LogP contribution is -2.46. The maximum Gasteiger partial charge on any atom is 0.0746 e. The third-order valence-electron chi connectivity index (χ3n) is 3.83. The van der Waals surface area contributed by atoms with E-state index in [1.54, 1.807) is 0 Å². The number of aromatic nitrogens is 1. The van der Waals surface area contributed by atoms with Gasteiger partial charge in [-0.3, -0.25) is 9.88 Å². The number of nitrogens with zero attached hydrogens (tertiary/aromatic N) is 2. The Kier molecular flexibility index (Phi) is 3.49. The number of para-hydroxylation sites is 1. The van der Waals surface area contributed by atoms with E-state index < -0.39 is 0 Å². The maximum atomic E-state index is 5.69. The van der Waals surface area contributed by atoms with Crippen molar-refractivity contribution < 1.29 is 4.74 Å². The molecule has 1 aliphatic rings. The second-order valence-electron chi connectivity index (χ2n) is 5.41. The van der Waals surface area contributed by atoms with Crippen LogP contribution in [0.2, 0.25) is 0 Å². The van der Waals surface area contributed by atoms with Crippen molar-refractivity contribution in [3.63, 3.8) is 0 Å². The van der Waals surface area contributed by atoms with Crippen LogP contribution >= 0.6 is 0 Å². The Hall–Kier alpha value is -1.45. The Balaban J connectivity index is 1.88. The molecule has 0 saturated carbocycles. The second-order valence-corrected chi connectivity index (χ2v) is 5.41. The first-order valence-corrected chi connectivity index (χ1v) is 6.92. The van der Waals surface area contributed by atoms with Crippen LogP contribution in [0.25, 0.3) is 10.9 Å². The second kappa shape index (κ2) is 5.27. The minimum Gasteiger partial charge on any atom is -0.376 e. The van der Waals surface area contributed by atoms with Crippen molar-refractivity contribution in [3.8, 4) is 0 Å². The van der Waals surface area contributed by atoms with Crippen molar-refractivity contribution >= 4 is 10.9 Å². The Morgan fingerprint density at radius 2 is 2.11 bits per heavy atom. The van der Waals surface area contributed by atoms with Crippen LogP contribution in [0, 0.1) is 0 Å². The quantitative estimate of drug-likeness (QED) is 0.826. The van der Waals surface area contributed by atoms with Gasteiger partial charge in [-0.15, -0.1) is 0 Å². The molecule has 1 fully saturated rings. The fraction of sp³-hybridized carbons (Fsp3) is 0.438. The van der Waals surface area contributed by atoms with Crippen LogP contribution in [-0.4, -0.2) is 35.2 Å². The zero-order valence-corrected chi connectivity index (χ0v) is 11.5. The van der Waals surface area contributed by atoms with Gasteiger partial charge in [-0.05, 0) is 25.5 Å². The molecular weight excluding hydrogens is 236 g/mol. The molecule has 1 aromatic heterocycles. The van der Waals surface area contributed by atoms with Crippen LogP contribution in [0.4, 0.5) is 0 Å². The maximum absolute atomic E-state index is 5.69. The predicted molar refractivity (Wildman–Crippen MR) is 77.0 cm³/mol. The first-order valence-electron chi connectivity index (χ1n) is 6.92. The molecule has 0 aliphatic carbocycles. The van der Waals surface area contributed by atoms with Crippen LogP contribution < -0.4 is 0 Å². The number of fused-ring (bicyclic) bond motifs is 1. The summed E-state index contributed by atoms with van der Waals surface area (Å²) in [5.74, 6) is 0. The van der Waals surface area contributed by atoms with Crippen molar-refractivity contribution in [2.75, 3.05) is 13.2 Å². The molecule has 100 valence electrons. The molecule has 3 rings (SSSR count). The molecule has 0 spiro atoms. The molecule has 3 heteroatoms. The predicted octanol–water partition coefficient (Wildman–Crippen LogP) is 2.84. The van der Waals surface area contributed by atoms with E-state index in [-0.39, 0.29) is 0 Å². The molecule has 0 unspecified atom stereocenters. The minimum absolute atomic E-state index is 0.319. The van der Waals surface area contributed by atoms with Gasteiger partial charge in [0, 0.05) is 30.7 Å². The topological polar surface area (TPSA) is 25.4 Å². The summed E-state index contributed by atoms with van der Waals surface area (Å²) < 4.78 is 5.69. The van der Waals surface area contributed by atoms with Gasteiger partial charge in [-0.2, -0.15) is 0 Å². The lowest BCUT2D eigenvalue weighted by molar-refractivity contribution is -0.0525. The zero-order valence-electron chi connectivity index (χ0n) is 11.5. The SMILES string of the molecule is C[C@@H]1CO[C@@H](C)CN1Cc1cccc2cccnc12. The summed E-state index contributed by atoms with van der Waals surface area (Å²) in [5.41, 5.74) is 2.43. The molecule has 2 atom stereocenters. The molecule has 1 aliphatic heterocycles. The number of morpholine rings is 1. The van der Waals surface area contributed by atoms with Crippen LogP contribution in [0.5, 0.6) is 0 Å². The molecule has 0 amide bonds. The number of rotatable bonds is 2. The van der Waals surface area contributed by atoms with Gasteiger partial charge in [0.1, 0.15) is 0 Å². The van der Waals surface area contributed by atoms with E-state index in [2.05, 4.69) is 48.0 Å². The smallest absolute Gasteiger partial charge is 0.0746 e. The summed E-state index contributed by atoms with van der Waals surface area (Å²) in [6, 6.07) is 11.0. The Morgan fingerprint density at radius 1 is 1.26 bits per heavy atom. The molecule has 0 radical (unpaired) electrons. The van der Waals surface area contributed by atoms with E-state index >= 15 is 0 Å². The van der Waals surface area contributed by atoms with Crippen molar-refractivity contribution in [1.29, 1.82) is 0 Å². The van der Waals surface area contributed by atoms with E-state index in [9.17, 15) is 0 Å². The van der Waals surface area contributed by atoms with Gasteiger partial charge in [0.05, 0.1) is 18.2 Å². The molecule has 1 aromatic carbocycles. The fourth-order valence-electron chi connectivity index (χ4n) is 2.71. The van der Waals surface area contributed by atoms with Gasteiger partial charge in [-0.1, -0.05) is 24.3 Å². The monoisotopic (exact) mass is 256 g/mol. The fourth-order valence-corrected chi connectivity index (χ4v) is 2.71. The summed E-state index contributed by atoms with van der Waals surface area (Å²) in [5, 5.41) is 1.22. The van der Waals surface area contributed by atoms with Crippen LogP contribution in [0.3, 0.4) is 0 Å². The first-order chi connectivity index (χ1) is 9.24. The number of pyridine rings is 1. The molecule has 3 nitrogen and oxygen atoms in total. The normalized spacial score (nSPS) is 24.7. The van der Waals surface area contributed by atoms with E-state index in [4.69, 9.17) is 4.74 Å². The molecule has 19 heavy (non-hydrogen) atoms. The van der Waals surface area contributed by atoms with Gasteiger partial charge < -0.3 is 4.74 Å². The average molecular weight is 256 g/mol. The third kappa shape index (κ3) is 2.62. The van der Waals surface area contributed by atoms with Crippen molar-refractivity contribution in [3.05, 3.63) is 42.1 Å². The number of hydrogen-bond acceptors (Lipinski definition) is 3. The van der Waals surface area contributed by atoms with Crippen LogP contribution in [0.1, 0.15) is 19.4 Å². The third-order valence-corrected chi connectivity index (χ3v) is 3.83. The zero-order chi connectivity index (χ0) is 13.2. The Morgan fingerprint density at radius 3 is 3.00 bits per heavy atom. The lowest BCUT2D eigenvalue weighted by Gasteiger charge is -2.36. The standard InChI is InChI=1S/C16H20N2O/c1-12-11-19-13(2)9-18(12)10-15-6-3-5-14-7-4-8-17-16(14)15/h3-8,12-13H,9-11H2,1-2H3/t12-,13+/m1/s1. The highest BCUT2D eigenvalue weighted by Crippen LogP contribution is 2.20. The van der Waals surface area contributed by atoms with E-state index in [1.165, 1.54) is 10.9 Å². The Labute approximate surface area is 114 Å². The molecule has 0 bridgehead atoms. The molecule has 0 N–H and O–H groups in total. The highest BCUT2D eigenvalue weighted by Gasteiger charge is 2.23. The van der Waals surface area contributed by atoms with Crippen molar-refractivity contribution in [1.82, 2.24) is 9.88 Å². The molecule has 2 heterocycles. The molecular formula is C16H20N2O. The summed E-state index contributed by atoms with van der Waals surface area (Å²) >= 11 is 0. The lowest BCUT2D eigenvalue weighted by atomic mass is 10.1. The van der Waals surface area contributed by atoms with Gasteiger partial charge in [0.2, 0.25) is 0 Å². The van der Waals surface area contributed by atoms with Crippen molar-refractivity contribution in [2.24, 2.45) is 0 Å². The Bertz CT molecular complexity index is 564.